The molecule has 0 saturated carbocycles. The molecule has 1 aliphatic heterocycles. The van der Waals surface area contributed by atoms with Gasteiger partial charge >= 0.3 is 0 Å². The number of guanidine groups is 1. The van der Waals surface area contributed by atoms with Gasteiger partial charge in [0, 0.05) is 43.2 Å². The van der Waals surface area contributed by atoms with Crippen molar-refractivity contribution in [1.82, 2.24) is 16.0 Å². The molecule has 0 aliphatic carbocycles. The number of carbonyl (C=O) groups is 1. The molecule has 2 aromatic carbocycles. The van der Waals surface area contributed by atoms with Crippen LogP contribution in [0.2, 0.25) is 0 Å². The summed E-state index contributed by atoms with van der Waals surface area (Å²) in [5.41, 5.74) is 3.81. The minimum atomic E-state index is -0.104. The minimum Gasteiger partial charge on any atom is -0.494 e. The first-order valence-electron chi connectivity index (χ1n) is 10.8. The van der Waals surface area contributed by atoms with Crippen molar-refractivity contribution in [1.29, 1.82) is 0 Å². The Labute approximate surface area is 184 Å². The van der Waals surface area contributed by atoms with Crippen LogP contribution in [0, 0.1) is 0 Å². The summed E-state index contributed by atoms with van der Waals surface area (Å²) in [6, 6.07) is 11.6. The summed E-state index contributed by atoms with van der Waals surface area (Å²) >= 11 is 0. The van der Waals surface area contributed by atoms with Crippen molar-refractivity contribution in [2.45, 2.75) is 46.4 Å². The number of aliphatic imine (C=N–C) groups is 1. The summed E-state index contributed by atoms with van der Waals surface area (Å²) in [5.74, 6) is 2.40. The lowest BCUT2D eigenvalue weighted by Gasteiger charge is -2.15. The molecule has 7 heteroatoms. The second-order valence-electron chi connectivity index (χ2n) is 7.46. The van der Waals surface area contributed by atoms with Crippen LogP contribution in [0.25, 0.3) is 0 Å². The van der Waals surface area contributed by atoms with Crippen LogP contribution in [0.15, 0.2) is 41.4 Å². The topological polar surface area (TPSA) is 84.0 Å². The van der Waals surface area contributed by atoms with Gasteiger partial charge in [-0.05, 0) is 50.6 Å². The Balaban J connectivity index is 1.72. The van der Waals surface area contributed by atoms with E-state index in [1.165, 1.54) is 5.56 Å². The normalized spacial score (nSPS) is 15.1. The molecule has 0 spiro atoms. The molecule has 31 heavy (non-hydrogen) atoms. The van der Waals surface area contributed by atoms with Crippen LogP contribution >= 0.6 is 0 Å². The van der Waals surface area contributed by atoms with Gasteiger partial charge in [0.05, 0.1) is 13.2 Å². The Morgan fingerprint density at radius 2 is 2.06 bits per heavy atom. The zero-order chi connectivity index (χ0) is 22.2. The number of amides is 1. The molecule has 0 aromatic heterocycles. The van der Waals surface area contributed by atoms with Gasteiger partial charge in [-0.2, -0.15) is 0 Å². The molecule has 1 amide bonds. The molecular weight excluding hydrogens is 392 g/mol. The molecule has 1 aliphatic rings. The van der Waals surface area contributed by atoms with E-state index in [1.54, 1.807) is 13.1 Å². The van der Waals surface area contributed by atoms with E-state index in [4.69, 9.17) is 9.47 Å². The van der Waals surface area contributed by atoms with Crippen molar-refractivity contribution in [3.05, 3.63) is 58.7 Å². The summed E-state index contributed by atoms with van der Waals surface area (Å²) in [5, 5.41) is 9.30. The monoisotopic (exact) mass is 424 g/mol. The van der Waals surface area contributed by atoms with Crippen LogP contribution in [0.5, 0.6) is 11.5 Å². The molecule has 0 bridgehead atoms. The zero-order valence-electron chi connectivity index (χ0n) is 18.7. The first kappa shape index (κ1) is 22.5. The van der Waals surface area contributed by atoms with Crippen LogP contribution < -0.4 is 25.4 Å². The minimum absolute atomic E-state index is 0.104. The maximum atomic E-state index is 11.9. The van der Waals surface area contributed by atoms with Gasteiger partial charge < -0.3 is 25.4 Å². The third-order valence-electron chi connectivity index (χ3n) is 5.01. The van der Waals surface area contributed by atoms with E-state index in [-0.39, 0.29) is 12.0 Å². The van der Waals surface area contributed by atoms with Crippen LogP contribution in [-0.2, 0) is 19.5 Å². The Kier molecular flexibility index (Phi) is 7.76. The molecule has 3 N–H and O–H groups in total. The van der Waals surface area contributed by atoms with Gasteiger partial charge in [-0.3, -0.25) is 4.79 Å². The fourth-order valence-electron chi connectivity index (χ4n) is 3.56. The lowest BCUT2D eigenvalue weighted by molar-refractivity contribution is 0.0963. The van der Waals surface area contributed by atoms with Gasteiger partial charge in [-0.1, -0.05) is 12.1 Å². The van der Waals surface area contributed by atoms with Crippen molar-refractivity contribution in [3.8, 4) is 11.5 Å². The number of ether oxygens (including phenoxy) is 2. The largest absolute Gasteiger partial charge is 0.494 e. The summed E-state index contributed by atoms with van der Waals surface area (Å²) in [7, 11) is 1.63. The highest BCUT2D eigenvalue weighted by molar-refractivity contribution is 5.94. The number of fused-ring (bicyclic) bond motifs is 1. The van der Waals surface area contributed by atoms with Crippen LogP contribution in [0.1, 0.15) is 47.8 Å². The number of hydrogen-bond donors (Lipinski definition) is 3. The number of nitrogens with zero attached hydrogens (tertiary/aromatic N) is 1. The second kappa shape index (κ2) is 10.7. The van der Waals surface area contributed by atoms with Gasteiger partial charge in [-0.25, -0.2) is 4.99 Å². The number of nitrogens with one attached hydrogen (secondary N) is 3. The fraction of sp³-hybridized carbons (Fsp3) is 0.417. The van der Waals surface area contributed by atoms with Crippen LogP contribution in [0.4, 0.5) is 0 Å². The predicted octanol–water partition coefficient (Wildman–Crippen LogP) is 3.02. The zero-order valence-corrected chi connectivity index (χ0v) is 18.7. The van der Waals surface area contributed by atoms with E-state index in [0.717, 1.165) is 35.6 Å². The quantitative estimate of drug-likeness (QED) is 0.448. The Hall–Kier alpha value is -3.22. The summed E-state index contributed by atoms with van der Waals surface area (Å²) in [6.07, 6.45) is 1.10. The van der Waals surface area contributed by atoms with Crippen molar-refractivity contribution < 1.29 is 14.3 Å². The van der Waals surface area contributed by atoms with Crippen LogP contribution in [0.3, 0.4) is 0 Å². The standard InChI is InChI=1S/C24H32N4O3/c1-5-26-24(27-14-17-8-7-9-18(11-17)23(29)25-4)28-15-20-13-22-19(10-16(3)31-22)12-21(20)30-6-2/h7-9,11-13,16H,5-6,10,14-15H2,1-4H3,(H,25,29)(H2,26,27,28). The van der Waals surface area contributed by atoms with E-state index in [1.807, 2.05) is 32.0 Å². The molecule has 1 unspecified atom stereocenters. The van der Waals surface area contributed by atoms with E-state index in [0.29, 0.717) is 31.2 Å². The van der Waals surface area contributed by atoms with Crippen molar-refractivity contribution in [3.63, 3.8) is 0 Å². The predicted molar refractivity (Wildman–Crippen MR) is 123 cm³/mol. The lowest BCUT2D eigenvalue weighted by Crippen LogP contribution is -2.36. The molecule has 1 heterocycles. The van der Waals surface area contributed by atoms with E-state index in [9.17, 15) is 4.79 Å². The van der Waals surface area contributed by atoms with Gasteiger partial charge in [0.2, 0.25) is 0 Å². The average molecular weight is 425 g/mol. The molecule has 0 fully saturated rings. The molecule has 0 radical (unpaired) electrons. The number of carbonyl (C=O) groups excluding carboxylic acids is 1. The first-order valence-corrected chi connectivity index (χ1v) is 10.8. The molecule has 1 atom stereocenters. The van der Waals surface area contributed by atoms with Crippen LogP contribution in [-0.4, -0.2) is 38.2 Å². The maximum Gasteiger partial charge on any atom is 0.251 e. The van der Waals surface area contributed by atoms with Gasteiger partial charge in [0.15, 0.2) is 5.96 Å². The highest BCUT2D eigenvalue weighted by Gasteiger charge is 2.22. The Morgan fingerprint density at radius 1 is 1.23 bits per heavy atom. The summed E-state index contributed by atoms with van der Waals surface area (Å²) < 4.78 is 11.8. The Bertz CT molecular complexity index is 942. The summed E-state index contributed by atoms with van der Waals surface area (Å²) in [4.78, 5) is 16.5. The molecule has 7 nitrogen and oxygen atoms in total. The van der Waals surface area contributed by atoms with E-state index >= 15 is 0 Å². The molecular formula is C24H32N4O3. The molecule has 0 saturated heterocycles. The van der Waals surface area contributed by atoms with Crippen molar-refractivity contribution in [2.75, 3.05) is 20.2 Å². The fourth-order valence-corrected chi connectivity index (χ4v) is 3.56. The number of rotatable bonds is 8. The molecule has 3 rings (SSSR count). The van der Waals surface area contributed by atoms with E-state index in [2.05, 4.69) is 40.0 Å². The maximum absolute atomic E-state index is 11.9. The molecule has 166 valence electrons. The second-order valence-corrected chi connectivity index (χ2v) is 7.46. The average Bonchev–Trinajstić information content (AvgIpc) is 3.14. The SMILES string of the molecule is CCNC(=NCc1cccc(C(=O)NC)c1)NCc1cc2c(cc1OCC)CC(C)O2. The number of benzene rings is 2. The first-order chi connectivity index (χ1) is 15.0. The van der Waals surface area contributed by atoms with Crippen molar-refractivity contribution in [2.24, 2.45) is 4.99 Å². The third-order valence-corrected chi connectivity index (χ3v) is 5.01. The summed E-state index contributed by atoms with van der Waals surface area (Å²) in [6.45, 7) is 8.47. The van der Waals surface area contributed by atoms with Crippen molar-refractivity contribution >= 4 is 11.9 Å². The van der Waals surface area contributed by atoms with Gasteiger partial charge in [0.25, 0.3) is 5.91 Å². The van der Waals surface area contributed by atoms with E-state index < -0.39 is 0 Å². The highest BCUT2D eigenvalue weighted by atomic mass is 16.5. The Morgan fingerprint density at radius 3 is 2.81 bits per heavy atom. The molecule has 2 aromatic rings. The smallest absolute Gasteiger partial charge is 0.251 e. The van der Waals surface area contributed by atoms with Gasteiger partial charge in [-0.15, -0.1) is 0 Å². The lowest BCUT2D eigenvalue weighted by atomic mass is 10.1. The van der Waals surface area contributed by atoms with Gasteiger partial charge in [0.1, 0.15) is 17.6 Å². The highest BCUT2D eigenvalue weighted by Crippen LogP contribution is 2.35. The number of hydrogen-bond acceptors (Lipinski definition) is 4. The third kappa shape index (κ3) is 5.90.